The third-order valence-corrected chi connectivity index (χ3v) is 3.37. The van der Waals surface area contributed by atoms with Crippen LogP contribution in [0.2, 0.25) is 0 Å². The standard InChI is InChI=1S/C12H21N3O2/c1-2-12-13-11(14-17-12)8-15-7-5-3-4-6-10(15)9-16/h10,16H,2-9H2,1H3. The molecule has 1 N–H and O–H groups in total. The van der Waals surface area contributed by atoms with Crippen LogP contribution in [0.15, 0.2) is 4.52 Å². The lowest BCUT2D eigenvalue weighted by Gasteiger charge is -2.26. The molecule has 1 unspecified atom stereocenters. The fourth-order valence-electron chi connectivity index (χ4n) is 2.33. The second kappa shape index (κ2) is 6.12. The maximum Gasteiger partial charge on any atom is 0.226 e. The Kier molecular flexibility index (Phi) is 4.50. The van der Waals surface area contributed by atoms with Crippen molar-refractivity contribution in [3.8, 4) is 0 Å². The summed E-state index contributed by atoms with van der Waals surface area (Å²) in [4.78, 5) is 6.60. The second-order valence-corrected chi connectivity index (χ2v) is 4.61. The molecule has 1 aromatic rings. The van der Waals surface area contributed by atoms with Gasteiger partial charge in [-0.05, 0) is 19.4 Å². The minimum atomic E-state index is 0.221. The minimum absolute atomic E-state index is 0.221. The van der Waals surface area contributed by atoms with Crippen molar-refractivity contribution in [3.63, 3.8) is 0 Å². The fraction of sp³-hybridized carbons (Fsp3) is 0.833. The molecular weight excluding hydrogens is 218 g/mol. The molecule has 0 saturated carbocycles. The zero-order valence-electron chi connectivity index (χ0n) is 10.4. The fourth-order valence-corrected chi connectivity index (χ4v) is 2.33. The number of aryl methyl sites for hydroxylation is 1. The molecule has 5 heteroatoms. The SMILES string of the molecule is CCc1nc(CN2CCCCCC2CO)no1. The van der Waals surface area contributed by atoms with E-state index in [0.29, 0.717) is 12.4 Å². The number of nitrogens with zero attached hydrogens (tertiary/aromatic N) is 3. The maximum atomic E-state index is 9.41. The van der Waals surface area contributed by atoms with Gasteiger partial charge in [0.1, 0.15) is 0 Å². The van der Waals surface area contributed by atoms with E-state index in [9.17, 15) is 5.11 Å². The monoisotopic (exact) mass is 239 g/mol. The lowest BCUT2D eigenvalue weighted by atomic mass is 10.1. The number of hydrogen-bond donors (Lipinski definition) is 1. The highest BCUT2D eigenvalue weighted by Gasteiger charge is 2.21. The molecule has 2 heterocycles. The molecule has 1 saturated heterocycles. The number of aliphatic hydroxyl groups excluding tert-OH is 1. The number of rotatable bonds is 4. The summed E-state index contributed by atoms with van der Waals surface area (Å²) in [7, 11) is 0. The van der Waals surface area contributed by atoms with E-state index in [-0.39, 0.29) is 12.6 Å². The smallest absolute Gasteiger partial charge is 0.226 e. The van der Waals surface area contributed by atoms with E-state index in [2.05, 4.69) is 15.0 Å². The van der Waals surface area contributed by atoms with Crippen molar-refractivity contribution < 1.29 is 9.63 Å². The molecule has 0 amide bonds. The van der Waals surface area contributed by atoms with Crippen LogP contribution >= 0.6 is 0 Å². The van der Waals surface area contributed by atoms with E-state index in [0.717, 1.165) is 25.2 Å². The average Bonchev–Trinajstić information content (AvgIpc) is 2.68. The molecule has 17 heavy (non-hydrogen) atoms. The molecule has 0 aliphatic carbocycles. The Balaban J connectivity index is 1.99. The molecule has 1 atom stereocenters. The highest BCUT2D eigenvalue weighted by atomic mass is 16.5. The highest BCUT2D eigenvalue weighted by molar-refractivity contribution is 4.88. The summed E-state index contributed by atoms with van der Waals surface area (Å²) in [6.45, 7) is 3.92. The summed E-state index contributed by atoms with van der Waals surface area (Å²) in [5, 5.41) is 13.4. The third kappa shape index (κ3) is 3.26. The van der Waals surface area contributed by atoms with Gasteiger partial charge in [0.15, 0.2) is 5.82 Å². The first-order valence-corrected chi connectivity index (χ1v) is 6.50. The van der Waals surface area contributed by atoms with Crippen molar-refractivity contribution in [1.29, 1.82) is 0 Å². The van der Waals surface area contributed by atoms with Crippen LogP contribution in [0, 0.1) is 0 Å². The Morgan fingerprint density at radius 2 is 2.29 bits per heavy atom. The summed E-state index contributed by atoms with van der Waals surface area (Å²) in [6, 6.07) is 0.251. The van der Waals surface area contributed by atoms with Crippen molar-refractivity contribution >= 4 is 0 Å². The van der Waals surface area contributed by atoms with E-state index >= 15 is 0 Å². The van der Waals surface area contributed by atoms with E-state index in [1.54, 1.807) is 0 Å². The summed E-state index contributed by atoms with van der Waals surface area (Å²) >= 11 is 0. The zero-order chi connectivity index (χ0) is 12.1. The maximum absolute atomic E-state index is 9.41. The van der Waals surface area contributed by atoms with Gasteiger partial charge in [0, 0.05) is 12.5 Å². The number of aliphatic hydroxyl groups is 1. The van der Waals surface area contributed by atoms with Crippen molar-refractivity contribution in [2.75, 3.05) is 13.2 Å². The molecule has 1 aromatic heterocycles. The van der Waals surface area contributed by atoms with Gasteiger partial charge in [-0.1, -0.05) is 24.9 Å². The lowest BCUT2D eigenvalue weighted by molar-refractivity contribution is 0.115. The summed E-state index contributed by atoms with van der Waals surface area (Å²) < 4.78 is 5.11. The van der Waals surface area contributed by atoms with Crippen LogP contribution in [0.25, 0.3) is 0 Å². The van der Waals surface area contributed by atoms with E-state index in [4.69, 9.17) is 4.52 Å². The number of hydrogen-bond acceptors (Lipinski definition) is 5. The predicted octanol–water partition coefficient (Wildman–Crippen LogP) is 1.37. The van der Waals surface area contributed by atoms with Crippen LogP contribution in [0.4, 0.5) is 0 Å². The first-order valence-electron chi connectivity index (χ1n) is 6.50. The van der Waals surface area contributed by atoms with E-state index in [1.807, 2.05) is 6.92 Å². The topological polar surface area (TPSA) is 62.4 Å². The van der Waals surface area contributed by atoms with Crippen LogP contribution in [-0.4, -0.2) is 39.3 Å². The van der Waals surface area contributed by atoms with Crippen molar-refractivity contribution in [2.24, 2.45) is 0 Å². The van der Waals surface area contributed by atoms with Crippen LogP contribution < -0.4 is 0 Å². The summed E-state index contributed by atoms with van der Waals surface area (Å²) in [6.07, 6.45) is 5.48. The highest BCUT2D eigenvalue weighted by Crippen LogP contribution is 2.18. The molecule has 0 aromatic carbocycles. The van der Waals surface area contributed by atoms with Gasteiger partial charge in [0.25, 0.3) is 0 Å². The summed E-state index contributed by atoms with van der Waals surface area (Å²) in [5.74, 6) is 1.43. The lowest BCUT2D eigenvalue weighted by Crippen LogP contribution is -2.37. The third-order valence-electron chi connectivity index (χ3n) is 3.37. The molecule has 5 nitrogen and oxygen atoms in total. The summed E-state index contributed by atoms with van der Waals surface area (Å²) in [5.41, 5.74) is 0. The second-order valence-electron chi connectivity index (χ2n) is 4.61. The van der Waals surface area contributed by atoms with Gasteiger partial charge in [0.2, 0.25) is 5.89 Å². The van der Waals surface area contributed by atoms with Crippen LogP contribution in [0.3, 0.4) is 0 Å². The Labute approximate surface area is 102 Å². The van der Waals surface area contributed by atoms with Crippen molar-refractivity contribution in [2.45, 2.75) is 51.6 Å². The largest absolute Gasteiger partial charge is 0.395 e. The first kappa shape index (κ1) is 12.5. The Bertz CT molecular complexity index is 340. The zero-order valence-corrected chi connectivity index (χ0v) is 10.4. The van der Waals surface area contributed by atoms with Gasteiger partial charge >= 0.3 is 0 Å². The molecule has 1 aliphatic rings. The molecular formula is C12H21N3O2. The molecule has 1 aliphatic heterocycles. The molecule has 0 spiro atoms. The molecule has 0 bridgehead atoms. The van der Waals surface area contributed by atoms with Gasteiger partial charge in [0.05, 0.1) is 13.2 Å². The van der Waals surface area contributed by atoms with Crippen molar-refractivity contribution in [3.05, 3.63) is 11.7 Å². The van der Waals surface area contributed by atoms with Gasteiger partial charge in [-0.15, -0.1) is 0 Å². The molecule has 1 fully saturated rings. The van der Waals surface area contributed by atoms with Gasteiger partial charge < -0.3 is 9.63 Å². The van der Waals surface area contributed by atoms with Crippen LogP contribution in [0.5, 0.6) is 0 Å². The van der Waals surface area contributed by atoms with Crippen LogP contribution in [0.1, 0.15) is 44.3 Å². The number of aromatic nitrogens is 2. The Hall–Kier alpha value is -0.940. The minimum Gasteiger partial charge on any atom is -0.395 e. The van der Waals surface area contributed by atoms with E-state index in [1.165, 1.54) is 19.3 Å². The molecule has 0 radical (unpaired) electrons. The van der Waals surface area contributed by atoms with Crippen molar-refractivity contribution in [1.82, 2.24) is 15.0 Å². The Morgan fingerprint density at radius 3 is 3.00 bits per heavy atom. The molecule has 96 valence electrons. The Morgan fingerprint density at radius 1 is 1.41 bits per heavy atom. The quantitative estimate of drug-likeness (QED) is 0.859. The van der Waals surface area contributed by atoms with Gasteiger partial charge in [-0.3, -0.25) is 4.90 Å². The van der Waals surface area contributed by atoms with E-state index < -0.39 is 0 Å². The predicted molar refractivity (Wildman–Crippen MR) is 63.4 cm³/mol. The van der Waals surface area contributed by atoms with Gasteiger partial charge in [-0.25, -0.2) is 0 Å². The molecule has 2 rings (SSSR count). The first-order chi connectivity index (χ1) is 8.33. The van der Waals surface area contributed by atoms with Gasteiger partial charge in [-0.2, -0.15) is 4.98 Å². The normalized spacial score (nSPS) is 22.6. The van der Waals surface area contributed by atoms with Crippen LogP contribution in [-0.2, 0) is 13.0 Å². The average molecular weight is 239 g/mol. The number of likely N-dealkylation sites (tertiary alicyclic amines) is 1.